The van der Waals surface area contributed by atoms with Gasteiger partial charge in [-0.3, -0.25) is 9.69 Å². The van der Waals surface area contributed by atoms with Gasteiger partial charge in [0.15, 0.2) is 11.5 Å². The molecule has 1 aromatic heterocycles. The Morgan fingerprint density at radius 3 is 2.59 bits per heavy atom. The number of imidazole rings is 1. The number of aliphatic hydroxyl groups is 1. The van der Waals surface area contributed by atoms with E-state index in [1.807, 2.05) is 55.6 Å². The zero-order valence-electron chi connectivity index (χ0n) is 24.5. The Morgan fingerprint density at radius 2 is 1.85 bits per heavy atom. The lowest BCUT2D eigenvalue weighted by molar-refractivity contribution is -0.138. The van der Waals surface area contributed by atoms with E-state index in [2.05, 4.69) is 21.4 Å². The van der Waals surface area contributed by atoms with Gasteiger partial charge in [-0.25, -0.2) is 4.98 Å². The summed E-state index contributed by atoms with van der Waals surface area (Å²) >= 11 is 0. The van der Waals surface area contributed by atoms with E-state index < -0.39 is 5.60 Å². The Kier molecular flexibility index (Phi) is 10.6. The number of hydrogen-bond acceptors (Lipinski definition) is 8. The summed E-state index contributed by atoms with van der Waals surface area (Å²) in [7, 11) is 3.12. The Labute approximate surface area is 242 Å². The molecule has 10 nitrogen and oxygen atoms in total. The van der Waals surface area contributed by atoms with Gasteiger partial charge in [0.05, 0.1) is 20.2 Å². The fourth-order valence-corrected chi connectivity index (χ4v) is 5.05. The number of β-amino-alcohol motifs (C(OH)–C–C–N with tert-alkyl or cyclic N) is 1. The van der Waals surface area contributed by atoms with E-state index in [0.717, 1.165) is 23.4 Å². The molecule has 1 atom stereocenters. The van der Waals surface area contributed by atoms with Gasteiger partial charge >= 0.3 is 0 Å². The van der Waals surface area contributed by atoms with E-state index in [1.165, 1.54) is 7.11 Å². The predicted molar refractivity (Wildman–Crippen MR) is 155 cm³/mol. The SMILES string of the molecule is CCc1nccn1CCOc1ccc(CN2CCN(C(=O)COC)C[C@@](O)(COc3ccc(C)cc3)C2)cc1OC. The number of hydrogen-bond donors (Lipinski definition) is 1. The van der Waals surface area contributed by atoms with Crippen molar-refractivity contribution in [1.82, 2.24) is 19.4 Å². The smallest absolute Gasteiger partial charge is 0.248 e. The van der Waals surface area contributed by atoms with Crippen LogP contribution in [0.5, 0.6) is 17.2 Å². The van der Waals surface area contributed by atoms with Crippen molar-refractivity contribution in [3.8, 4) is 17.2 Å². The number of ether oxygens (including phenoxy) is 4. The third-order valence-electron chi connectivity index (χ3n) is 7.18. The van der Waals surface area contributed by atoms with Crippen molar-refractivity contribution in [1.29, 1.82) is 0 Å². The summed E-state index contributed by atoms with van der Waals surface area (Å²) in [6.45, 7) is 7.42. The van der Waals surface area contributed by atoms with Crippen molar-refractivity contribution in [2.45, 2.75) is 39.0 Å². The van der Waals surface area contributed by atoms with Crippen LogP contribution in [0.15, 0.2) is 54.9 Å². The van der Waals surface area contributed by atoms with Crippen molar-refractivity contribution < 1.29 is 28.8 Å². The number of rotatable bonds is 13. The second-order valence-electron chi connectivity index (χ2n) is 10.5. The summed E-state index contributed by atoms with van der Waals surface area (Å²) in [6.07, 6.45) is 4.63. The monoisotopic (exact) mass is 566 g/mol. The molecule has 1 amide bonds. The number of methoxy groups -OCH3 is 2. The Balaban J connectivity index is 1.43. The van der Waals surface area contributed by atoms with Gasteiger partial charge in [-0.05, 0) is 36.8 Å². The molecule has 3 aromatic rings. The van der Waals surface area contributed by atoms with E-state index in [1.54, 1.807) is 18.2 Å². The lowest BCUT2D eigenvalue weighted by Crippen LogP contribution is -2.52. The molecule has 0 unspecified atom stereocenters. The molecule has 1 aliphatic rings. The van der Waals surface area contributed by atoms with Gasteiger partial charge in [0.1, 0.15) is 37.0 Å². The molecule has 0 spiro atoms. The molecule has 4 rings (SSSR count). The summed E-state index contributed by atoms with van der Waals surface area (Å²) in [5.41, 5.74) is 0.863. The van der Waals surface area contributed by atoms with Crippen LogP contribution in [0.4, 0.5) is 0 Å². The van der Waals surface area contributed by atoms with Crippen LogP contribution < -0.4 is 14.2 Å². The van der Waals surface area contributed by atoms with Crippen LogP contribution >= 0.6 is 0 Å². The first-order valence-corrected chi connectivity index (χ1v) is 14.0. The normalized spacial score (nSPS) is 17.7. The average Bonchev–Trinajstić information content (AvgIpc) is 3.35. The predicted octanol–water partition coefficient (Wildman–Crippen LogP) is 2.94. The highest BCUT2D eigenvalue weighted by Gasteiger charge is 2.37. The first-order valence-electron chi connectivity index (χ1n) is 14.0. The van der Waals surface area contributed by atoms with E-state index >= 15 is 0 Å². The molecule has 41 heavy (non-hydrogen) atoms. The largest absolute Gasteiger partial charge is 0.493 e. The second kappa shape index (κ2) is 14.3. The molecule has 10 heteroatoms. The minimum Gasteiger partial charge on any atom is -0.493 e. The molecule has 2 aromatic carbocycles. The van der Waals surface area contributed by atoms with Crippen LogP contribution in [0.3, 0.4) is 0 Å². The lowest BCUT2D eigenvalue weighted by atomic mass is 10.0. The van der Waals surface area contributed by atoms with Gasteiger partial charge in [0.2, 0.25) is 5.91 Å². The highest BCUT2D eigenvalue weighted by Crippen LogP contribution is 2.29. The molecule has 222 valence electrons. The molecular weight excluding hydrogens is 524 g/mol. The van der Waals surface area contributed by atoms with Gasteiger partial charge < -0.3 is 33.5 Å². The minimum atomic E-state index is -1.28. The third kappa shape index (κ3) is 8.45. The summed E-state index contributed by atoms with van der Waals surface area (Å²) in [4.78, 5) is 20.9. The van der Waals surface area contributed by atoms with Crippen molar-refractivity contribution in [3.05, 3.63) is 71.8 Å². The lowest BCUT2D eigenvalue weighted by Gasteiger charge is -2.33. The molecule has 0 aliphatic carbocycles. The van der Waals surface area contributed by atoms with Crippen LogP contribution in [0.2, 0.25) is 0 Å². The maximum absolute atomic E-state index is 12.7. The number of benzene rings is 2. The standard InChI is InChI=1S/C31H42N4O6/c1-5-29-32-12-13-34(29)16-17-40-27-11-8-25(18-28(27)39-4)19-33-14-15-35(30(36)20-38-3)22-31(37,21-33)23-41-26-9-6-24(2)7-10-26/h6-13,18,37H,5,14-17,19-23H2,1-4H3/t31-/m1/s1. The molecule has 0 bridgehead atoms. The zero-order chi connectivity index (χ0) is 29.2. The molecule has 1 N–H and O–H groups in total. The van der Waals surface area contributed by atoms with E-state index in [0.29, 0.717) is 56.6 Å². The first kappa shape index (κ1) is 30.4. The molecule has 1 saturated heterocycles. The molecule has 1 aliphatic heterocycles. The third-order valence-corrected chi connectivity index (χ3v) is 7.18. The molecule has 0 radical (unpaired) electrons. The van der Waals surface area contributed by atoms with Gasteiger partial charge in [-0.1, -0.05) is 30.7 Å². The summed E-state index contributed by atoms with van der Waals surface area (Å²) in [6, 6.07) is 13.6. The number of carbonyl (C=O) groups excluding carboxylic acids is 1. The maximum atomic E-state index is 12.7. The van der Waals surface area contributed by atoms with Crippen molar-refractivity contribution in [3.63, 3.8) is 0 Å². The number of amides is 1. The van der Waals surface area contributed by atoms with Crippen LogP contribution in [0.1, 0.15) is 23.9 Å². The Bertz CT molecular complexity index is 1260. The highest BCUT2D eigenvalue weighted by atomic mass is 16.5. The summed E-state index contributed by atoms with van der Waals surface area (Å²) in [5, 5.41) is 11.7. The zero-order valence-corrected chi connectivity index (χ0v) is 24.5. The van der Waals surface area contributed by atoms with Crippen LogP contribution in [-0.2, 0) is 29.0 Å². The number of aromatic nitrogens is 2. The summed E-state index contributed by atoms with van der Waals surface area (Å²) in [5.74, 6) is 2.86. The fraction of sp³-hybridized carbons (Fsp3) is 0.484. The van der Waals surface area contributed by atoms with Gasteiger partial charge in [0, 0.05) is 52.1 Å². The van der Waals surface area contributed by atoms with Crippen molar-refractivity contribution in [2.24, 2.45) is 0 Å². The number of aryl methyl sites for hydroxylation is 2. The number of nitrogens with zero attached hydrogens (tertiary/aromatic N) is 4. The van der Waals surface area contributed by atoms with E-state index in [9.17, 15) is 9.90 Å². The second-order valence-corrected chi connectivity index (χ2v) is 10.5. The molecule has 0 saturated carbocycles. The molecule has 1 fully saturated rings. The van der Waals surface area contributed by atoms with Gasteiger partial charge in [-0.15, -0.1) is 0 Å². The quantitative estimate of drug-likeness (QED) is 0.337. The topological polar surface area (TPSA) is 98.5 Å². The number of carbonyl (C=O) groups is 1. The molecule has 2 heterocycles. The minimum absolute atomic E-state index is 0.0336. The van der Waals surface area contributed by atoms with Gasteiger partial charge in [-0.2, -0.15) is 0 Å². The van der Waals surface area contributed by atoms with Crippen LogP contribution in [-0.4, -0.2) is 96.2 Å². The highest BCUT2D eigenvalue weighted by molar-refractivity contribution is 5.77. The van der Waals surface area contributed by atoms with Crippen LogP contribution in [0, 0.1) is 6.92 Å². The van der Waals surface area contributed by atoms with E-state index in [4.69, 9.17) is 18.9 Å². The van der Waals surface area contributed by atoms with Crippen molar-refractivity contribution in [2.75, 3.05) is 60.2 Å². The Hall–Kier alpha value is -3.60. The molecular formula is C31H42N4O6. The van der Waals surface area contributed by atoms with E-state index in [-0.39, 0.29) is 25.7 Å². The van der Waals surface area contributed by atoms with Gasteiger partial charge in [0.25, 0.3) is 0 Å². The average molecular weight is 567 g/mol. The van der Waals surface area contributed by atoms with Crippen molar-refractivity contribution >= 4 is 5.91 Å². The first-order chi connectivity index (χ1) is 19.8. The maximum Gasteiger partial charge on any atom is 0.248 e. The Morgan fingerprint density at radius 1 is 1.05 bits per heavy atom. The van der Waals surface area contributed by atoms with Crippen LogP contribution in [0.25, 0.3) is 0 Å². The summed E-state index contributed by atoms with van der Waals surface area (Å²) < 4.78 is 24.8. The fourth-order valence-electron chi connectivity index (χ4n) is 5.05.